The number of Topliss-reactive ketones (excluding diaryl/α,β-unsaturated/α-hetero) is 1. The van der Waals surface area contributed by atoms with E-state index in [1.165, 1.54) is 5.56 Å². The van der Waals surface area contributed by atoms with Crippen LogP contribution < -0.4 is 0 Å². The first-order valence-electron chi connectivity index (χ1n) is 10.8. The first-order chi connectivity index (χ1) is 14.9. The Kier molecular flexibility index (Phi) is 4.87. The molecule has 0 radical (unpaired) electrons. The summed E-state index contributed by atoms with van der Waals surface area (Å²) in [6.45, 7) is 7.02. The second kappa shape index (κ2) is 7.47. The third kappa shape index (κ3) is 3.08. The average Bonchev–Trinajstić information content (AvgIpc) is 3.37. The van der Waals surface area contributed by atoms with Gasteiger partial charge in [-0.2, -0.15) is 0 Å². The molecule has 5 rings (SSSR count). The number of carbonyl (C=O) groups excluding carboxylic acids is 1. The van der Waals surface area contributed by atoms with E-state index in [0.717, 1.165) is 33.6 Å². The van der Waals surface area contributed by atoms with Crippen molar-refractivity contribution < 1.29 is 19.0 Å². The van der Waals surface area contributed by atoms with Crippen LogP contribution in [0.1, 0.15) is 27.8 Å². The molecular weight excluding hydrogens is 388 g/mol. The van der Waals surface area contributed by atoms with E-state index in [2.05, 4.69) is 39.0 Å². The molecule has 0 aromatic heterocycles. The average molecular weight is 417 g/mol. The fourth-order valence-corrected chi connectivity index (χ4v) is 5.70. The summed E-state index contributed by atoms with van der Waals surface area (Å²) in [5.41, 5.74) is 5.48. The summed E-state index contributed by atoms with van der Waals surface area (Å²) in [4.78, 5) is 14.0. The van der Waals surface area contributed by atoms with Crippen LogP contribution in [0.5, 0.6) is 0 Å². The molecule has 2 heterocycles. The first-order valence-corrected chi connectivity index (χ1v) is 10.8. The molecule has 0 N–H and O–H groups in total. The number of aryl methyl sites for hydroxylation is 3. The van der Waals surface area contributed by atoms with E-state index in [1.54, 1.807) is 7.11 Å². The predicted octanol–water partition coefficient (Wildman–Crippen LogP) is 4.71. The second-order valence-electron chi connectivity index (χ2n) is 8.98. The molecule has 1 aliphatic carbocycles. The lowest BCUT2D eigenvalue weighted by molar-refractivity contribution is -0.123. The van der Waals surface area contributed by atoms with Gasteiger partial charge in [-0.15, -0.1) is 0 Å². The van der Waals surface area contributed by atoms with Crippen molar-refractivity contribution in [3.63, 3.8) is 0 Å². The van der Waals surface area contributed by atoms with Gasteiger partial charge in [0.1, 0.15) is 18.0 Å². The minimum atomic E-state index is -0.712. The minimum absolute atomic E-state index is 0.104. The van der Waals surface area contributed by atoms with E-state index < -0.39 is 5.60 Å². The Bertz CT molecular complexity index is 1070. The maximum atomic E-state index is 14.0. The number of hydrogen-bond acceptors (Lipinski definition) is 4. The normalized spacial score (nSPS) is 28.5. The minimum Gasteiger partial charge on any atom is -0.492 e. The standard InChI is InChI=1S/C27H28O4/c1-16-12-17(2)21(18(3)13-16)23-25(28)24-22(20-10-11-27(24,31-20)15-29-4)26(23)30-14-19-8-6-5-7-9-19/h5-13,20,22,24H,14-15H2,1-4H3/t20?,22-,24+,27-/m1/s1. The fourth-order valence-electron chi connectivity index (χ4n) is 5.70. The van der Waals surface area contributed by atoms with Gasteiger partial charge in [-0.1, -0.05) is 60.2 Å². The summed E-state index contributed by atoms with van der Waals surface area (Å²) in [6, 6.07) is 14.4. The zero-order valence-electron chi connectivity index (χ0n) is 18.5. The van der Waals surface area contributed by atoms with Crippen LogP contribution in [0.25, 0.3) is 5.57 Å². The van der Waals surface area contributed by atoms with Crippen LogP contribution in [0.4, 0.5) is 0 Å². The third-order valence-electron chi connectivity index (χ3n) is 6.78. The molecule has 160 valence electrons. The van der Waals surface area contributed by atoms with Crippen molar-refractivity contribution in [3.05, 3.63) is 88.2 Å². The molecule has 2 aromatic rings. The number of benzene rings is 2. The van der Waals surface area contributed by atoms with Gasteiger partial charge in [0.05, 0.1) is 30.1 Å². The highest BCUT2D eigenvalue weighted by Crippen LogP contribution is 2.57. The Labute approximate surface area is 183 Å². The summed E-state index contributed by atoms with van der Waals surface area (Å²) in [5.74, 6) is 0.433. The largest absolute Gasteiger partial charge is 0.492 e. The monoisotopic (exact) mass is 416 g/mol. The molecule has 2 aliphatic heterocycles. The van der Waals surface area contributed by atoms with Gasteiger partial charge in [-0.3, -0.25) is 4.79 Å². The highest BCUT2D eigenvalue weighted by molar-refractivity contribution is 6.26. The number of carbonyl (C=O) groups is 1. The Morgan fingerprint density at radius 1 is 1.06 bits per heavy atom. The summed E-state index contributed by atoms with van der Waals surface area (Å²) in [7, 11) is 1.65. The van der Waals surface area contributed by atoms with Gasteiger partial charge in [-0.25, -0.2) is 0 Å². The van der Waals surface area contributed by atoms with E-state index in [-0.39, 0.29) is 23.7 Å². The predicted molar refractivity (Wildman–Crippen MR) is 119 cm³/mol. The quantitative estimate of drug-likeness (QED) is 0.640. The molecule has 31 heavy (non-hydrogen) atoms. The fraction of sp³-hybridized carbons (Fsp3) is 0.370. The van der Waals surface area contributed by atoms with Crippen LogP contribution in [-0.2, 0) is 25.6 Å². The van der Waals surface area contributed by atoms with Crippen molar-refractivity contribution in [2.75, 3.05) is 13.7 Å². The Balaban J connectivity index is 1.63. The molecule has 0 spiro atoms. The van der Waals surface area contributed by atoms with E-state index >= 15 is 0 Å². The zero-order valence-corrected chi connectivity index (χ0v) is 18.5. The van der Waals surface area contributed by atoms with Gasteiger partial charge >= 0.3 is 0 Å². The number of allylic oxidation sites excluding steroid dienone is 1. The SMILES string of the molecule is COC[C@@]12C=CC(O1)[C@H]1C(OCc3ccccc3)=C(c3c(C)cc(C)cc3C)C(=O)[C@H]12. The van der Waals surface area contributed by atoms with Crippen LogP contribution in [0.3, 0.4) is 0 Å². The Morgan fingerprint density at radius 3 is 2.45 bits per heavy atom. The first kappa shape index (κ1) is 20.2. The summed E-state index contributed by atoms with van der Waals surface area (Å²) < 4.78 is 18.3. The topological polar surface area (TPSA) is 44.8 Å². The maximum Gasteiger partial charge on any atom is 0.174 e. The summed E-state index contributed by atoms with van der Waals surface area (Å²) in [6.07, 6.45) is 3.92. The number of ketones is 1. The van der Waals surface area contributed by atoms with Crippen molar-refractivity contribution >= 4 is 11.4 Å². The number of rotatable bonds is 6. The lowest BCUT2D eigenvalue weighted by atomic mass is 9.76. The summed E-state index contributed by atoms with van der Waals surface area (Å²) >= 11 is 0. The molecule has 1 unspecified atom stereocenters. The van der Waals surface area contributed by atoms with E-state index in [4.69, 9.17) is 14.2 Å². The van der Waals surface area contributed by atoms with Crippen LogP contribution in [-0.4, -0.2) is 31.2 Å². The third-order valence-corrected chi connectivity index (χ3v) is 6.78. The molecule has 1 saturated heterocycles. The number of fused-ring (bicyclic) bond motifs is 5. The van der Waals surface area contributed by atoms with Crippen LogP contribution in [0.2, 0.25) is 0 Å². The number of ether oxygens (including phenoxy) is 3. The maximum absolute atomic E-state index is 14.0. The van der Waals surface area contributed by atoms with E-state index in [9.17, 15) is 4.79 Å². The lowest BCUT2D eigenvalue weighted by Crippen LogP contribution is -2.42. The van der Waals surface area contributed by atoms with Gasteiger partial charge in [-0.05, 0) is 43.0 Å². The number of hydrogen-bond donors (Lipinski definition) is 0. The van der Waals surface area contributed by atoms with Crippen LogP contribution >= 0.6 is 0 Å². The molecule has 2 aromatic carbocycles. The lowest BCUT2D eigenvalue weighted by Gasteiger charge is -2.28. The van der Waals surface area contributed by atoms with Crippen LogP contribution in [0.15, 0.2) is 60.4 Å². The van der Waals surface area contributed by atoms with E-state index in [1.807, 2.05) is 36.4 Å². The van der Waals surface area contributed by atoms with Gasteiger partial charge in [0.2, 0.25) is 0 Å². The van der Waals surface area contributed by atoms with Crippen molar-refractivity contribution in [2.45, 2.75) is 39.1 Å². The number of methoxy groups -OCH3 is 1. The van der Waals surface area contributed by atoms with Gasteiger partial charge in [0.15, 0.2) is 5.78 Å². The van der Waals surface area contributed by atoms with Crippen LogP contribution in [0, 0.1) is 32.6 Å². The zero-order chi connectivity index (χ0) is 21.8. The molecule has 2 bridgehead atoms. The highest BCUT2D eigenvalue weighted by atomic mass is 16.6. The molecule has 4 nitrogen and oxygen atoms in total. The van der Waals surface area contributed by atoms with Gasteiger partial charge < -0.3 is 14.2 Å². The van der Waals surface area contributed by atoms with E-state index in [0.29, 0.717) is 13.2 Å². The molecule has 0 amide bonds. The molecule has 4 heteroatoms. The smallest absolute Gasteiger partial charge is 0.174 e. The molecule has 0 saturated carbocycles. The summed E-state index contributed by atoms with van der Waals surface area (Å²) in [5, 5.41) is 0. The van der Waals surface area contributed by atoms with Crippen molar-refractivity contribution in [1.82, 2.24) is 0 Å². The van der Waals surface area contributed by atoms with Crippen molar-refractivity contribution in [3.8, 4) is 0 Å². The van der Waals surface area contributed by atoms with Gasteiger partial charge in [0, 0.05) is 7.11 Å². The van der Waals surface area contributed by atoms with Gasteiger partial charge in [0.25, 0.3) is 0 Å². The molecule has 1 fully saturated rings. The Hall–Kier alpha value is -2.69. The molecule has 3 aliphatic rings. The second-order valence-corrected chi connectivity index (χ2v) is 8.98. The van der Waals surface area contributed by atoms with Crippen molar-refractivity contribution in [1.29, 1.82) is 0 Å². The molecular formula is C27H28O4. The highest BCUT2D eigenvalue weighted by Gasteiger charge is 2.65. The molecule has 4 atom stereocenters. The Morgan fingerprint density at radius 2 is 1.77 bits per heavy atom. The van der Waals surface area contributed by atoms with Crippen molar-refractivity contribution in [2.24, 2.45) is 11.8 Å².